The molecule has 8 nitrogen and oxygen atoms in total. The summed E-state index contributed by atoms with van der Waals surface area (Å²) in [5.41, 5.74) is 0.101. The van der Waals surface area contributed by atoms with Gasteiger partial charge in [-0.05, 0) is 38.0 Å². The van der Waals surface area contributed by atoms with Crippen LogP contribution in [0.3, 0.4) is 0 Å². The van der Waals surface area contributed by atoms with Crippen molar-refractivity contribution in [3.63, 3.8) is 0 Å². The number of nitrogens with zero attached hydrogens (tertiary/aromatic N) is 1. The van der Waals surface area contributed by atoms with Gasteiger partial charge >= 0.3 is 5.97 Å². The number of benzene rings is 1. The minimum Gasteiger partial charge on any atom is -0.465 e. The van der Waals surface area contributed by atoms with Crippen molar-refractivity contribution >= 4 is 33.5 Å². The van der Waals surface area contributed by atoms with Gasteiger partial charge in [0.1, 0.15) is 11.4 Å². The third kappa shape index (κ3) is 5.90. The highest BCUT2D eigenvalue weighted by Crippen LogP contribution is 2.23. The number of nitrogens with one attached hydrogen (secondary N) is 1. The van der Waals surface area contributed by atoms with Crippen LogP contribution in [0, 0.1) is 0 Å². The van der Waals surface area contributed by atoms with Crippen LogP contribution < -0.4 is 4.72 Å². The van der Waals surface area contributed by atoms with E-state index < -0.39 is 21.9 Å². The van der Waals surface area contributed by atoms with Crippen LogP contribution in [0.2, 0.25) is 5.02 Å². The standard InChI is InChI=1S/C17H23ClN2O6S/c1-3-25-16(21)11-20(2)17(22)12-6-7-14(18)15(9-12)27(23,24)19-10-13-5-4-8-26-13/h6-7,9,13,19H,3-5,8,10-11H2,1-2H3. The lowest BCUT2D eigenvalue weighted by Gasteiger charge is -2.17. The molecule has 150 valence electrons. The zero-order valence-electron chi connectivity index (χ0n) is 15.2. The first-order valence-electron chi connectivity index (χ1n) is 8.56. The summed E-state index contributed by atoms with van der Waals surface area (Å²) in [5.74, 6) is -1.07. The van der Waals surface area contributed by atoms with Crippen LogP contribution in [0.15, 0.2) is 23.1 Å². The fraction of sp³-hybridized carbons (Fsp3) is 0.529. The lowest BCUT2D eigenvalue weighted by atomic mass is 10.2. The van der Waals surface area contributed by atoms with Gasteiger partial charge in [0.05, 0.1) is 17.7 Å². The Bertz CT molecular complexity index is 793. The summed E-state index contributed by atoms with van der Waals surface area (Å²) in [6.45, 7) is 2.39. The molecule has 1 amide bonds. The van der Waals surface area contributed by atoms with Crippen molar-refractivity contribution in [2.45, 2.75) is 30.8 Å². The largest absolute Gasteiger partial charge is 0.465 e. The summed E-state index contributed by atoms with van der Waals surface area (Å²) >= 11 is 6.04. The maximum absolute atomic E-state index is 12.6. The molecule has 1 aromatic rings. The van der Waals surface area contributed by atoms with Gasteiger partial charge in [0, 0.05) is 25.8 Å². The van der Waals surface area contributed by atoms with E-state index in [0.29, 0.717) is 6.61 Å². The number of hydrogen-bond acceptors (Lipinski definition) is 6. The minimum absolute atomic E-state index is 0.000522. The maximum atomic E-state index is 12.6. The second kappa shape index (κ2) is 9.50. The van der Waals surface area contributed by atoms with Crippen LogP contribution in [-0.2, 0) is 24.3 Å². The zero-order chi connectivity index (χ0) is 20.0. The van der Waals surface area contributed by atoms with E-state index >= 15 is 0 Å². The van der Waals surface area contributed by atoms with Crippen LogP contribution in [0.5, 0.6) is 0 Å². The molecule has 2 rings (SSSR count). The van der Waals surface area contributed by atoms with Gasteiger partial charge in [0.15, 0.2) is 0 Å². The van der Waals surface area contributed by atoms with Gasteiger partial charge in [0.2, 0.25) is 10.0 Å². The summed E-state index contributed by atoms with van der Waals surface area (Å²) in [4.78, 5) is 25.0. The molecule has 0 aromatic heterocycles. The number of likely N-dealkylation sites (N-methyl/N-ethyl adjacent to an activating group) is 1. The van der Waals surface area contributed by atoms with Gasteiger partial charge in [-0.25, -0.2) is 13.1 Å². The van der Waals surface area contributed by atoms with E-state index in [0.717, 1.165) is 17.7 Å². The second-order valence-corrected chi connectivity index (χ2v) is 8.24. The molecule has 1 saturated heterocycles. The van der Waals surface area contributed by atoms with Crippen LogP contribution in [-0.4, -0.2) is 64.6 Å². The molecule has 1 aliphatic heterocycles. The fourth-order valence-corrected chi connectivity index (χ4v) is 4.21. The van der Waals surface area contributed by atoms with E-state index in [1.807, 2.05) is 0 Å². The highest BCUT2D eigenvalue weighted by Gasteiger charge is 2.24. The first-order chi connectivity index (χ1) is 12.7. The maximum Gasteiger partial charge on any atom is 0.325 e. The van der Waals surface area contributed by atoms with Gasteiger partial charge in [-0.1, -0.05) is 11.6 Å². The van der Waals surface area contributed by atoms with Crippen LogP contribution in [0.1, 0.15) is 30.1 Å². The number of ether oxygens (including phenoxy) is 2. The Hall–Kier alpha value is -1.68. The van der Waals surface area contributed by atoms with Crippen molar-refractivity contribution in [2.24, 2.45) is 0 Å². The summed E-state index contributed by atoms with van der Waals surface area (Å²) in [5, 5.41) is -0.000522. The Kier molecular flexibility index (Phi) is 7.60. The molecule has 1 heterocycles. The van der Waals surface area contributed by atoms with Crippen molar-refractivity contribution in [1.29, 1.82) is 0 Å². The quantitative estimate of drug-likeness (QED) is 0.641. The molecule has 1 aromatic carbocycles. The first-order valence-corrected chi connectivity index (χ1v) is 10.4. The molecule has 1 unspecified atom stereocenters. The average molecular weight is 419 g/mol. The Morgan fingerprint density at radius 3 is 2.78 bits per heavy atom. The molecule has 1 atom stereocenters. The Labute approximate surface area is 163 Å². The lowest BCUT2D eigenvalue weighted by molar-refractivity contribution is -0.143. The van der Waals surface area contributed by atoms with Gasteiger partial charge in [-0.2, -0.15) is 0 Å². The normalized spacial score (nSPS) is 16.9. The highest BCUT2D eigenvalue weighted by molar-refractivity contribution is 7.89. The second-order valence-electron chi connectivity index (χ2n) is 6.10. The molecule has 0 saturated carbocycles. The molecule has 0 radical (unpaired) electrons. The van der Waals surface area contributed by atoms with Gasteiger partial charge in [-0.3, -0.25) is 9.59 Å². The smallest absolute Gasteiger partial charge is 0.325 e. The number of carbonyl (C=O) groups is 2. The van der Waals surface area contributed by atoms with Crippen molar-refractivity contribution in [3.8, 4) is 0 Å². The molecule has 1 N–H and O–H groups in total. The number of carbonyl (C=O) groups excluding carboxylic acids is 2. The van der Waals surface area contributed by atoms with Crippen molar-refractivity contribution < 1.29 is 27.5 Å². The van der Waals surface area contributed by atoms with E-state index in [2.05, 4.69) is 4.72 Å². The SMILES string of the molecule is CCOC(=O)CN(C)C(=O)c1ccc(Cl)c(S(=O)(=O)NCC2CCCO2)c1. The van der Waals surface area contributed by atoms with E-state index in [1.54, 1.807) is 6.92 Å². The summed E-state index contributed by atoms with van der Waals surface area (Å²) < 4.78 is 37.8. The Morgan fingerprint density at radius 1 is 1.41 bits per heavy atom. The van der Waals surface area contributed by atoms with Gasteiger partial charge in [0.25, 0.3) is 5.91 Å². The highest BCUT2D eigenvalue weighted by atomic mass is 35.5. The average Bonchev–Trinajstić information content (AvgIpc) is 3.13. The molecule has 0 bridgehead atoms. The van der Waals surface area contributed by atoms with E-state index in [4.69, 9.17) is 21.1 Å². The molecular weight excluding hydrogens is 396 g/mol. The topological polar surface area (TPSA) is 102 Å². The monoisotopic (exact) mass is 418 g/mol. The molecule has 1 aliphatic rings. The van der Waals surface area contributed by atoms with Crippen LogP contribution >= 0.6 is 11.6 Å². The first kappa shape index (κ1) is 21.6. The van der Waals surface area contributed by atoms with Gasteiger partial charge in [-0.15, -0.1) is 0 Å². The number of rotatable bonds is 8. The van der Waals surface area contributed by atoms with Crippen molar-refractivity contribution in [3.05, 3.63) is 28.8 Å². The fourth-order valence-electron chi connectivity index (χ4n) is 2.62. The van der Waals surface area contributed by atoms with E-state index in [1.165, 1.54) is 25.2 Å². The number of sulfonamides is 1. The summed E-state index contributed by atoms with van der Waals surface area (Å²) in [6.07, 6.45) is 1.51. The number of halogens is 1. The molecular formula is C17H23ClN2O6S. The van der Waals surface area contributed by atoms with E-state index in [9.17, 15) is 18.0 Å². The molecule has 0 spiro atoms. The van der Waals surface area contributed by atoms with E-state index in [-0.39, 0.29) is 41.3 Å². The summed E-state index contributed by atoms with van der Waals surface area (Å²) in [7, 11) is -2.49. The molecule has 10 heteroatoms. The minimum atomic E-state index is -3.92. The summed E-state index contributed by atoms with van der Waals surface area (Å²) in [6, 6.07) is 3.95. The predicted octanol–water partition coefficient (Wildman–Crippen LogP) is 1.43. The number of hydrogen-bond donors (Lipinski definition) is 1. The van der Waals surface area contributed by atoms with Crippen LogP contribution in [0.25, 0.3) is 0 Å². The Balaban J connectivity index is 2.14. The molecule has 27 heavy (non-hydrogen) atoms. The Morgan fingerprint density at radius 2 is 2.15 bits per heavy atom. The predicted molar refractivity (Wildman–Crippen MR) is 99.2 cm³/mol. The molecule has 1 fully saturated rings. The number of esters is 1. The van der Waals surface area contributed by atoms with Gasteiger partial charge < -0.3 is 14.4 Å². The third-order valence-corrected chi connectivity index (χ3v) is 5.92. The molecule has 0 aliphatic carbocycles. The van der Waals surface area contributed by atoms with Crippen molar-refractivity contribution in [1.82, 2.24) is 9.62 Å². The van der Waals surface area contributed by atoms with Crippen molar-refractivity contribution in [2.75, 3.05) is 33.4 Å². The third-order valence-electron chi connectivity index (χ3n) is 4.01. The zero-order valence-corrected chi connectivity index (χ0v) is 16.8. The number of amides is 1. The van der Waals surface area contributed by atoms with Crippen LogP contribution in [0.4, 0.5) is 0 Å². The lowest BCUT2D eigenvalue weighted by Crippen LogP contribution is -2.34.